The van der Waals surface area contributed by atoms with Crippen molar-refractivity contribution in [3.8, 4) is 0 Å². The number of rotatable bonds is 20. The zero-order chi connectivity index (χ0) is 19.6. The van der Waals surface area contributed by atoms with Crippen molar-refractivity contribution in [2.75, 3.05) is 6.61 Å². The van der Waals surface area contributed by atoms with Crippen LogP contribution in [0.5, 0.6) is 0 Å². The van der Waals surface area contributed by atoms with E-state index in [4.69, 9.17) is 9.47 Å². The summed E-state index contributed by atoms with van der Waals surface area (Å²) >= 11 is 0. The molecule has 0 radical (unpaired) electrons. The summed E-state index contributed by atoms with van der Waals surface area (Å²) in [4.78, 5) is 11.6. The number of hydrogen-bond donors (Lipinski definition) is 0. The highest BCUT2D eigenvalue weighted by molar-refractivity contribution is 5.69. The van der Waals surface area contributed by atoms with Gasteiger partial charge in [0.1, 0.15) is 0 Å². The molecular formula is C24H46O3. The first-order valence-corrected chi connectivity index (χ1v) is 12.1. The molecule has 1 aliphatic heterocycles. The van der Waals surface area contributed by atoms with Gasteiger partial charge < -0.3 is 9.47 Å². The number of ether oxygens (including phenoxy) is 2. The molecule has 0 N–H and O–H groups in total. The van der Waals surface area contributed by atoms with Crippen molar-refractivity contribution in [2.24, 2.45) is 0 Å². The third kappa shape index (κ3) is 15.1. The largest absolute Gasteiger partial charge is 0.466 e. The molecule has 3 nitrogen and oxygen atoms in total. The summed E-state index contributed by atoms with van der Waals surface area (Å²) in [5.74, 6) is -0.00425. The smallest absolute Gasteiger partial charge is 0.305 e. The van der Waals surface area contributed by atoms with Gasteiger partial charge >= 0.3 is 5.97 Å². The number of epoxide rings is 1. The van der Waals surface area contributed by atoms with E-state index in [0.717, 1.165) is 19.3 Å². The van der Waals surface area contributed by atoms with Gasteiger partial charge in [-0.05, 0) is 25.7 Å². The Hall–Kier alpha value is -0.570. The Morgan fingerprint density at radius 3 is 1.74 bits per heavy atom. The van der Waals surface area contributed by atoms with Crippen molar-refractivity contribution in [3.63, 3.8) is 0 Å². The molecule has 0 aromatic carbocycles. The van der Waals surface area contributed by atoms with E-state index in [2.05, 4.69) is 13.8 Å². The predicted molar refractivity (Wildman–Crippen MR) is 114 cm³/mol. The summed E-state index contributed by atoms with van der Waals surface area (Å²) in [5, 5.41) is 0. The Labute approximate surface area is 169 Å². The Balaban J connectivity index is 1.76. The van der Waals surface area contributed by atoms with E-state index in [1.54, 1.807) is 0 Å². The lowest BCUT2D eigenvalue weighted by molar-refractivity contribution is -0.143. The Morgan fingerprint density at radius 1 is 0.667 bits per heavy atom. The van der Waals surface area contributed by atoms with Gasteiger partial charge in [-0.2, -0.15) is 0 Å². The number of esters is 1. The molecule has 2 unspecified atom stereocenters. The number of carbonyl (C=O) groups is 1. The third-order valence-electron chi connectivity index (χ3n) is 5.66. The maximum atomic E-state index is 11.6. The molecule has 1 saturated heterocycles. The first-order valence-electron chi connectivity index (χ1n) is 12.1. The molecule has 1 rings (SSSR count). The minimum Gasteiger partial charge on any atom is -0.466 e. The second-order valence-corrected chi connectivity index (χ2v) is 8.36. The van der Waals surface area contributed by atoms with E-state index < -0.39 is 0 Å². The maximum absolute atomic E-state index is 11.6. The van der Waals surface area contributed by atoms with Gasteiger partial charge in [0.05, 0.1) is 18.8 Å². The van der Waals surface area contributed by atoms with Crippen LogP contribution in [0.2, 0.25) is 0 Å². The fraction of sp³-hybridized carbons (Fsp3) is 0.958. The van der Waals surface area contributed by atoms with Crippen molar-refractivity contribution in [1.29, 1.82) is 0 Å². The fourth-order valence-corrected chi connectivity index (χ4v) is 3.75. The molecule has 160 valence electrons. The Bertz CT molecular complexity index is 343. The minimum absolute atomic E-state index is 0.00425. The first-order chi connectivity index (χ1) is 13.3. The SMILES string of the molecule is CCCCCCCCC1OC1CCCCCCCC(=O)OCCCCCC. The van der Waals surface area contributed by atoms with E-state index in [1.807, 2.05) is 0 Å². The van der Waals surface area contributed by atoms with E-state index in [9.17, 15) is 4.79 Å². The average molecular weight is 383 g/mol. The Morgan fingerprint density at radius 2 is 1.15 bits per heavy atom. The van der Waals surface area contributed by atoms with Gasteiger partial charge in [0.15, 0.2) is 0 Å². The molecule has 0 amide bonds. The van der Waals surface area contributed by atoms with Gasteiger partial charge in [0, 0.05) is 6.42 Å². The van der Waals surface area contributed by atoms with Crippen LogP contribution in [0.25, 0.3) is 0 Å². The molecule has 1 heterocycles. The first kappa shape index (κ1) is 24.5. The van der Waals surface area contributed by atoms with Gasteiger partial charge in [-0.1, -0.05) is 97.3 Å². The maximum Gasteiger partial charge on any atom is 0.305 e. The highest BCUT2D eigenvalue weighted by atomic mass is 16.6. The molecule has 1 fully saturated rings. The topological polar surface area (TPSA) is 38.8 Å². The van der Waals surface area contributed by atoms with Crippen LogP contribution in [-0.2, 0) is 14.3 Å². The van der Waals surface area contributed by atoms with Crippen molar-refractivity contribution >= 4 is 5.97 Å². The number of hydrogen-bond acceptors (Lipinski definition) is 3. The van der Waals surface area contributed by atoms with Gasteiger partial charge in [-0.25, -0.2) is 0 Å². The lowest BCUT2D eigenvalue weighted by atomic mass is 10.0. The quantitative estimate of drug-likeness (QED) is 0.125. The van der Waals surface area contributed by atoms with Gasteiger partial charge in [-0.3, -0.25) is 4.79 Å². The average Bonchev–Trinajstić information content (AvgIpc) is 3.42. The molecular weight excluding hydrogens is 336 g/mol. The summed E-state index contributed by atoms with van der Waals surface area (Å²) in [6.45, 7) is 5.08. The molecule has 0 aromatic rings. The highest BCUT2D eigenvalue weighted by Gasteiger charge is 2.36. The van der Waals surface area contributed by atoms with Crippen LogP contribution in [0.15, 0.2) is 0 Å². The molecule has 0 spiro atoms. The summed E-state index contributed by atoms with van der Waals surface area (Å²) in [6.07, 6.45) is 23.1. The molecule has 2 atom stereocenters. The molecule has 3 heteroatoms. The van der Waals surface area contributed by atoms with Gasteiger partial charge in [-0.15, -0.1) is 0 Å². The van der Waals surface area contributed by atoms with E-state index in [1.165, 1.54) is 89.9 Å². The zero-order valence-corrected chi connectivity index (χ0v) is 18.3. The summed E-state index contributed by atoms with van der Waals surface area (Å²) < 4.78 is 11.1. The minimum atomic E-state index is -0.00425. The van der Waals surface area contributed by atoms with E-state index in [0.29, 0.717) is 25.2 Å². The number of carbonyl (C=O) groups excluding carboxylic acids is 1. The van der Waals surface area contributed by atoms with Crippen LogP contribution in [-0.4, -0.2) is 24.8 Å². The molecule has 1 aliphatic rings. The van der Waals surface area contributed by atoms with Crippen molar-refractivity contribution in [3.05, 3.63) is 0 Å². The van der Waals surface area contributed by atoms with Crippen LogP contribution in [0.3, 0.4) is 0 Å². The predicted octanol–water partition coefficient (Wildman–Crippen LogP) is 7.36. The normalized spacial score (nSPS) is 18.6. The van der Waals surface area contributed by atoms with Crippen LogP contribution in [0.4, 0.5) is 0 Å². The standard InChI is InChI=1S/C24H46O3/c1-3-5-7-9-11-14-18-22-23(27-22)19-15-12-10-13-16-20-24(25)26-21-17-8-6-4-2/h22-23H,3-21H2,1-2H3. The van der Waals surface area contributed by atoms with Gasteiger partial charge in [0.25, 0.3) is 0 Å². The summed E-state index contributed by atoms with van der Waals surface area (Å²) in [7, 11) is 0. The van der Waals surface area contributed by atoms with Crippen LogP contribution >= 0.6 is 0 Å². The van der Waals surface area contributed by atoms with Gasteiger partial charge in [0.2, 0.25) is 0 Å². The molecule has 27 heavy (non-hydrogen) atoms. The second kappa shape index (κ2) is 17.5. The van der Waals surface area contributed by atoms with Crippen LogP contribution in [0, 0.1) is 0 Å². The summed E-state index contributed by atoms with van der Waals surface area (Å²) in [6, 6.07) is 0. The molecule has 0 bridgehead atoms. The Kier molecular flexibility index (Phi) is 15.9. The highest BCUT2D eigenvalue weighted by Crippen LogP contribution is 2.31. The molecule has 0 aromatic heterocycles. The van der Waals surface area contributed by atoms with E-state index >= 15 is 0 Å². The number of unbranched alkanes of at least 4 members (excludes halogenated alkanes) is 12. The van der Waals surface area contributed by atoms with E-state index in [-0.39, 0.29) is 5.97 Å². The van der Waals surface area contributed by atoms with Crippen molar-refractivity contribution < 1.29 is 14.3 Å². The zero-order valence-electron chi connectivity index (χ0n) is 18.3. The third-order valence-corrected chi connectivity index (χ3v) is 5.66. The molecule has 0 saturated carbocycles. The van der Waals surface area contributed by atoms with Crippen molar-refractivity contribution in [1.82, 2.24) is 0 Å². The summed E-state index contributed by atoms with van der Waals surface area (Å²) in [5.41, 5.74) is 0. The monoisotopic (exact) mass is 382 g/mol. The lowest BCUT2D eigenvalue weighted by Gasteiger charge is -2.04. The molecule has 0 aliphatic carbocycles. The fourth-order valence-electron chi connectivity index (χ4n) is 3.75. The second-order valence-electron chi connectivity index (χ2n) is 8.36. The lowest BCUT2D eigenvalue weighted by Crippen LogP contribution is -2.05. The van der Waals surface area contributed by atoms with Crippen LogP contribution < -0.4 is 0 Å². The van der Waals surface area contributed by atoms with Crippen LogP contribution in [0.1, 0.15) is 129 Å². The van der Waals surface area contributed by atoms with Crippen molar-refractivity contribution in [2.45, 2.75) is 142 Å².